The van der Waals surface area contributed by atoms with Crippen molar-refractivity contribution in [3.05, 3.63) is 0 Å². The smallest absolute Gasteiger partial charge is 0.0518 e. The van der Waals surface area contributed by atoms with Gasteiger partial charge in [-0.15, -0.1) is 0 Å². The van der Waals surface area contributed by atoms with Crippen molar-refractivity contribution in [2.45, 2.75) is 85.2 Å². The zero-order chi connectivity index (χ0) is 16.5. The van der Waals surface area contributed by atoms with Crippen LogP contribution < -0.4 is 0 Å². The Hall–Kier alpha value is -0.120. The van der Waals surface area contributed by atoms with E-state index in [1.54, 1.807) is 0 Å². The monoisotopic (exact) mass is 316 g/mol. The second-order valence-corrected chi connectivity index (χ2v) is 6.80. The molecule has 3 nitrogen and oxygen atoms in total. The average molecular weight is 317 g/mol. The van der Waals surface area contributed by atoms with Crippen molar-refractivity contribution in [2.75, 3.05) is 33.0 Å². The standard InChI is InChI=1S/C19H40O3/c1-18(2)12-6-5-7-13-20-14-8-9-15-21-16-10-11-17-22-19(3)4/h18-19H,5-17H2,1-4H3. The zero-order valence-electron chi connectivity index (χ0n) is 15.6. The lowest BCUT2D eigenvalue weighted by Crippen LogP contribution is -2.05. The molecule has 0 radical (unpaired) electrons. The van der Waals surface area contributed by atoms with Gasteiger partial charge in [-0.2, -0.15) is 0 Å². The van der Waals surface area contributed by atoms with Crippen LogP contribution in [0.25, 0.3) is 0 Å². The van der Waals surface area contributed by atoms with E-state index in [-0.39, 0.29) is 0 Å². The molecule has 0 atom stereocenters. The van der Waals surface area contributed by atoms with Gasteiger partial charge in [-0.1, -0.05) is 33.1 Å². The Labute approximate surface area is 139 Å². The second-order valence-electron chi connectivity index (χ2n) is 6.80. The van der Waals surface area contributed by atoms with Gasteiger partial charge in [0.25, 0.3) is 0 Å². The van der Waals surface area contributed by atoms with Crippen molar-refractivity contribution in [1.82, 2.24) is 0 Å². The molecule has 0 aliphatic rings. The fourth-order valence-electron chi connectivity index (χ4n) is 2.17. The van der Waals surface area contributed by atoms with E-state index in [9.17, 15) is 0 Å². The van der Waals surface area contributed by atoms with Crippen LogP contribution in [0.4, 0.5) is 0 Å². The first kappa shape index (κ1) is 21.9. The SMILES string of the molecule is CC(C)CCCCCOCCCCOCCCCOC(C)C. The van der Waals surface area contributed by atoms with Crippen LogP contribution in [0.5, 0.6) is 0 Å². The maximum atomic E-state index is 5.65. The van der Waals surface area contributed by atoms with Gasteiger partial charge < -0.3 is 14.2 Å². The Kier molecular flexibility index (Phi) is 17.1. The van der Waals surface area contributed by atoms with Crippen LogP contribution >= 0.6 is 0 Å². The van der Waals surface area contributed by atoms with Gasteiger partial charge in [-0.25, -0.2) is 0 Å². The van der Waals surface area contributed by atoms with Gasteiger partial charge >= 0.3 is 0 Å². The van der Waals surface area contributed by atoms with Gasteiger partial charge in [0.15, 0.2) is 0 Å². The fourth-order valence-corrected chi connectivity index (χ4v) is 2.17. The molecule has 134 valence electrons. The lowest BCUT2D eigenvalue weighted by Gasteiger charge is -2.08. The van der Waals surface area contributed by atoms with Crippen LogP contribution in [-0.2, 0) is 14.2 Å². The molecular weight excluding hydrogens is 276 g/mol. The first-order chi connectivity index (χ1) is 10.6. The van der Waals surface area contributed by atoms with E-state index in [0.29, 0.717) is 6.10 Å². The first-order valence-corrected chi connectivity index (χ1v) is 9.40. The van der Waals surface area contributed by atoms with Crippen LogP contribution in [0, 0.1) is 5.92 Å². The maximum absolute atomic E-state index is 5.65. The molecule has 0 aromatic carbocycles. The number of hydrogen-bond acceptors (Lipinski definition) is 3. The molecule has 0 aliphatic carbocycles. The number of rotatable bonds is 17. The third-order valence-electron chi connectivity index (χ3n) is 3.53. The van der Waals surface area contributed by atoms with E-state index in [1.165, 1.54) is 25.7 Å². The molecule has 0 saturated carbocycles. The van der Waals surface area contributed by atoms with Crippen molar-refractivity contribution in [3.63, 3.8) is 0 Å². The summed E-state index contributed by atoms with van der Waals surface area (Å²) >= 11 is 0. The summed E-state index contributed by atoms with van der Waals surface area (Å²) in [5.41, 5.74) is 0. The number of hydrogen-bond donors (Lipinski definition) is 0. The molecule has 22 heavy (non-hydrogen) atoms. The minimum Gasteiger partial charge on any atom is -0.381 e. The summed E-state index contributed by atoms with van der Waals surface area (Å²) in [5, 5.41) is 0. The summed E-state index contributed by atoms with van der Waals surface area (Å²) < 4.78 is 16.8. The van der Waals surface area contributed by atoms with Gasteiger partial charge in [0.2, 0.25) is 0 Å². The molecule has 0 heterocycles. The highest BCUT2D eigenvalue weighted by Gasteiger charge is 1.96. The van der Waals surface area contributed by atoms with Crippen LogP contribution in [0.2, 0.25) is 0 Å². The summed E-state index contributed by atoms with van der Waals surface area (Å²) in [6.07, 6.45) is 9.97. The Bertz CT molecular complexity index is 183. The van der Waals surface area contributed by atoms with E-state index in [4.69, 9.17) is 14.2 Å². The van der Waals surface area contributed by atoms with Crippen LogP contribution in [0.1, 0.15) is 79.1 Å². The van der Waals surface area contributed by atoms with Gasteiger partial charge in [0, 0.05) is 33.0 Å². The van der Waals surface area contributed by atoms with Crippen LogP contribution in [-0.4, -0.2) is 39.1 Å². The molecule has 0 N–H and O–H groups in total. The van der Waals surface area contributed by atoms with E-state index in [1.807, 2.05) is 0 Å². The summed E-state index contributed by atoms with van der Waals surface area (Å²) in [4.78, 5) is 0. The topological polar surface area (TPSA) is 27.7 Å². The molecule has 0 fully saturated rings. The Balaban J connectivity index is 2.97. The molecule has 0 bridgehead atoms. The molecule has 0 unspecified atom stereocenters. The molecule has 0 saturated heterocycles. The highest BCUT2D eigenvalue weighted by atomic mass is 16.5. The lowest BCUT2D eigenvalue weighted by atomic mass is 10.1. The zero-order valence-corrected chi connectivity index (χ0v) is 15.6. The highest BCUT2D eigenvalue weighted by molar-refractivity contribution is 4.47. The van der Waals surface area contributed by atoms with Crippen LogP contribution in [0.3, 0.4) is 0 Å². The Morgan fingerprint density at radius 1 is 0.545 bits per heavy atom. The molecule has 0 aromatic rings. The average Bonchev–Trinajstić information content (AvgIpc) is 2.46. The summed E-state index contributed by atoms with van der Waals surface area (Å²) in [5.74, 6) is 0.837. The van der Waals surface area contributed by atoms with Gasteiger partial charge in [0.1, 0.15) is 0 Å². The van der Waals surface area contributed by atoms with E-state index in [0.717, 1.165) is 64.6 Å². The largest absolute Gasteiger partial charge is 0.381 e. The molecule has 3 heteroatoms. The predicted molar refractivity (Wildman–Crippen MR) is 94.5 cm³/mol. The minimum absolute atomic E-state index is 0.344. The fraction of sp³-hybridized carbons (Fsp3) is 1.00. The number of ether oxygens (including phenoxy) is 3. The number of unbranched alkanes of at least 4 members (excludes halogenated alkanes) is 4. The third kappa shape index (κ3) is 19.9. The molecule has 0 rings (SSSR count). The normalized spacial score (nSPS) is 11.7. The second kappa shape index (κ2) is 17.2. The Morgan fingerprint density at radius 2 is 1.00 bits per heavy atom. The molecule has 0 aromatic heterocycles. The van der Waals surface area contributed by atoms with Crippen molar-refractivity contribution in [1.29, 1.82) is 0 Å². The maximum Gasteiger partial charge on any atom is 0.0518 e. The van der Waals surface area contributed by atoms with Gasteiger partial charge in [-0.05, 0) is 51.9 Å². The van der Waals surface area contributed by atoms with E-state index >= 15 is 0 Å². The van der Waals surface area contributed by atoms with E-state index < -0.39 is 0 Å². The van der Waals surface area contributed by atoms with Crippen LogP contribution in [0.15, 0.2) is 0 Å². The first-order valence-electron chi connectivity index (χ1n) is 9.40. The molecule has 0 aliphatic heterocycles. The summed E-state index contributed by atoms with van der Waals surface area (Å²) in [6.45, 7) is 13.1. The predicted octanol–water partition coefficient (Wildman–Crippen LogP) is 5.22. The quantitative estimate of drug-likeness (QED) is 0.344. The summed E-state index contributed by atoms with van der Waals surface area (Å²) in [7, 11) is 0. The third-order valence-corrected chi connectivity index (χ3v) is 3.53. The molecule has 0 amide bonds. The molecular formula is C19H40O3. The van der Waals surface area contributed by atoms with E-state index in [2.05, 4.69) is 27.7 Å². The Morgan fingerprint density at radius 3 is 1.45 bits per heavy atom. The van der Waals surface area contributed by atoms with Crippen molar-refractivity contribution in [3.8, 4) is 0 Å². The van der Waals surface area contributed by atoms with Gasteiger partial charge in [0.05, 0.1) is 6.10 Å². The van der Waals surface area contributed by atoms with Crippen molar-refractivity contribution >= 4 is 0 Å². The lowest BCUT2D eigenvalue weighted by molar-refractivity contribution is 0.0645. The highest BCUT2D eigenvalue weighted by Crippen LogP contribution is 2.08. The summed E-state index contributed by atoms with van der Waals surface area (Å²) in [6, 6.07) is 0. The van der Waals surface area contributed by atoms with Crippen molar-refractivity contribution in [2.24, 2.45) is 5.92 Å². The molecule has 0 spiro atoms. The van der Waals surface area contributed by atoms with Crippen molar-refractivity contribution < 1.29 is 14.2 Å². The van der Waals surface area contributed by atoms with Gasteiger partial charge in [-0.3, -0.25) is 0 Å². The minimum atomic E-state index is 0.344.